The van der Waals surface area contributed by atoms with E-state index in [-0.39, 0.29) is 23.1 Å². The van der Waals surface area contributed by atoms with Gasteiger partial charge >= 0.3 is 0 Å². The molecule has 5 nitrogen and oxygen atoms in total. The van der Waals surface area contributed by atoms with Crippen LogP contribution in [-0.2, 0) is 4.79 Å². The quantitative estimate of drug-likeness (QED) is 0.800. The summed E-state index contributed by atoms with van der Waals surface area (Å²) < 4.78 is 0. The summed E-state index contributed by atoms with van der Waals surface area (Å²) in [6.45, 7) is 0. The van der Waals surface area contributed by atoms with Crippen LogP contribution in [0.1, 0.15) is 23.2 Å². The van der Waals surface area contributed by atoms with E-state index in [1.807, 2.05) is 0 Å². The van der Waals surface area contributed by atoms with Crippen LogP contribution in [0, 0.1) is 5.92 Å². The number of phenolic OH excluding ortho intramolecular Hbond substituents is 1. The highest BCUT2D eigenvalue weighted by Crippen LogP contribution is 2.30. The molecule has 0 radical (unpaired) electrons. The molecule has 1 saturated carbocycles. The summed E-state index contributed by atoms with van der Waals surface area (Å²) in [5, 5.41) is 15.6. The third-order valence-electron chi connectivity index (χ3n) is 3.54. The Morgan fingerprint density at radius 3 is 2.43 bits per heavy atom. The molecule has 3 N–H and O–H groups in total. The van der Waals surface area contributed by atoms with Crippen molar-refractivity contribution in [3.63, 3.8) is 0 Å². The molecule has 0 heterocycles. The summed E-state index contributed by atoms with van der Waals surface area (Å²) in [6.07, 6.45) is 1.85. The van der Waals surface area contributed by atoms with Crippen molar-refractivity contribution in [2.75, 3.05) is 10.6 Å². The maximum Gasteiger partial charge on any atom is 0.259 e. The summed E-state index contributed by atoms with van der Waals surface area (Å²) in [7, 11) is 0. The number of nitrogens with one attached hydrogen (secondary N) is 2. The van der Waals surface area contributed by atoms with Crippen molar-refractivity contribution in [2.24, 2.45) is 5.92 Å². The minimum atomic E-state index is -0.476. The SMILES string of the molecule is O=C(Nc1cccc(NC(=O)C2CC2)c1)c1cc(Cl)ccc1O. The second-order valence-electron chi connectivity index (χ2n) is 5.46. The van der Waals surface area contributed by atoms with Gasteiger partial charge in [0.2, 0.25) is 5.91 Å². The fraction of sp³-hybridized carbons (Fsp3) is 0.176. The maximum atomic E-state index is 12.2. The van der Waals surface area contributed by atoms with Crippen LogP contribution in [0.15, 0.2) is 42.5 Å². The van der Waals surface area contributed by atoms with Gasteiger partial charge in [-0.15, -0.1) is 0 Å². The van der Waals surface area contributed by atoms with Crippen molar-refractivity contribution in [3.05, 3.63) is 53.1 Å². The highest BCUT2D eigenvalue weighted by Gasteiger charge is 2.29. The molecule has 6 heteroatoms. The first-order valence-corrected chi connectivity index (χ1v) is 7.61. The number of hydrogen-bond acceptors (Lipinski definition) is 3. The molecule has 1 aliphatic carbocycles. The van der Waals surface area contributed by atoms with Crippen molar-refractivity contribution in [1.29, 1.82) is 0 Å². The molecular formula is C17H15ClN2O3. The van der Waals surface area contributed by atoms with Crippen LogP contribution in [0.4, 0.5) is 11.4 Å². The number of aromatic hydroxyl groups is 1. The molecule has 0 bridgehead atoms. The monoisotopic (exact) mass is 330 g/mol. The molecule has 0 atom stereocenters. The Morgan fingerprint density at radius 2 is 1.74 bits per heavy atom. The Hall–Kier alpha value is -2.53. The first-order valence-electron chi connectivity index (χ1n) is 7.24. The first-order chi connectivity index (χ1) is 11.0. The van der Waals surface area contributed by atoms with Gasteiger partial charge in [0.05, 0.1) is 5.56 Å². The summed E-state index contributed by atoms with van der Waals surface area (Å²) in [6, 6.07) is 11.1. The topological polar surface area (TPSA) is 78.4 Å². The summed E-state index contributed by atoms with van der Waals surface area (Å²) in [5.74, 6) is -0.515. The number of benzene rings is 2. The van der Waals surface area contributed by atoms with Crippen LogP contribution in [0.5, 0.6) is 5.75 Å². The number of carbonyl (C=O) groups excluding carboxylic acids is 2. The fourth-order valence-electron chi connectivity index (χ4n) is 2.15. The van der Waals surface area contributed by atoms with Crippen LogP contribution >= 0.6 is 11.6 Å². The summed E-state index contributed by atoms with van der Waals surface area (Å²) >= 11 is 5.84. The van der Waals surface area contributed by atoms with Crippen molar-refractivity contribution >= 4 is 34.8 Å². The highest BCUT2D eigenvalue weighted by molar-refractivity contribution is 6.31. The largest absolute Gasteiger partial charge is 0.507 e. The Kier molecular flexibility index (Phi) is 4.21. The van der Waals surface area contributed by atoms with Gasteiger partial charge in [-0.25, -0.2) is 0 Å². The zero-order valence-corrected chi connectivity index (χ0v) is 12.9. The Balaban J connectivity index is 1.73. The number of hydrogen-bond donors (Lipinski definition) is 3. The Labute approximate surface area is 138 Å². The van der Waals surface area contributed by atoms with Crippen molar-refractivity contribution < 1.29 is 14.7 Å². The van der Waals surface area contributed by atoms with Gasteiger partial charge in [-0.05, 0) is 49.2 Å². The van der Waals surface area contributed by atoms with E-state index in [2.05, 4.69) is 10.6 Å². The molecule has 0 saturated heterocycles. The predicted molar refractivity (Wildman–Crippen MR) is 88.9 cm³/mol. The second kappa shape index (κ2) is 6.30. The predicted octanol–water partition coefficient (Wildman–Crippen LogP) is 3.65. The lowest BCUT2D eigenvalue weighted by atomic mass is 10.2. The number of carbonyl (C=O) groups is 2. The van der Waals surface area contributed by atoms with Gasteiger partial charge in [-0.1, -0.05) is 17.7 Å². The molecule has 0 spiro atoms. The van der Waals surface area contributed by atoms with Gasteiger partial charge in [-0.2, -0.15) is 0 Å². The standard InChI is InChI=1S/C17H15ClN2O3/c18-11-6-7-15(21)14(8-11)17(23)20-13-3-1-2-12(9-13)19-16(22)10-4-5-10/h1-3,6-10,21H,4-5H2,(H,19,22)(H,20,23). The molecule has 1 aliphatic rings. The van der Waals surface area contributed by atoms with Gasteiger partial charge in [0.1, 0.15) is 5.75 Å². The van der Waals surface area contributed by atoms with Gasteiger partial charge in [0, 0.05) is 22.3 Å². The van der Waals surface area contributed by atoms with Gasteiger partial charge < -0.3 is 15.7 Å². The number of rotatable bonds is 4. The van der Waals surface area contributed by atoms with E-state index in [1.165, 1.54) is 18.2 Å². The van der Waals surface area contributed by atoms with Crippen LogP contribution in [-0.4, -0.2) is 16.9 Å². The van der Waals surface area contributed by atoms with Gasteiger partial charge in [-0.3, -0.25) is 9.59 Å². The minimum Gasteiger partial charge on any atom is -0.507 e. The average molecular weight is 331 g/mol. The Bertz CT molecular complexity index is 772. The average Bonchev–Trinajstić information content (AvgIpc) is 3.35. The molecule has 3 rings (SSSR count). The van der Waals surface area contributed by atoms with E-state index in [9.17, 15) is 14.7 Å². The second-order valence-corrected chi connectivity index (χ2v) is 5.90. The van der Waals surface area contributed by atoms with E-state index in [0.29, 0.717) is 16.4 Å². The van der Waals surface area contributed by atoms with E-state index in [0.717, 1.165) is 12.8 Å². The molecular weight excluding hydrogens is 316 g/mol. The molecule has 0 aliphatic heterocycles. The zero-order valence-electron chi connectivity index (χ0n) is 12.2. The van der Waals surface area contributed by atoms with Gasteiger partial charge in [0.25, 0.3) is 5.91 Å². The lowest BCUT2D eigenvalue weighted by molar-refractivity contribution is -0.117. The molecule has 2 aromatic rings. The van der Waals surface area contributed by atoms with E-state index < -0.39 is 5.91 Å². The minimum absolute atomic E-state index is 0.000891. The van der Waals surface area contributed by atoms with Crippen LogP contribution < -0.4 is 10.6 Å². The molecule has 118 valence electrons. The molecule has 2 amide bonds. The third-order valence-corrected chi connectivity index (χ3v) is 3.77. The Morgan fingerprint density at radius 1 is 1.04 bits per heavy atom. The number of anilines is 2. The fourth-order valence-corrected chi connectivity index (χ4v) is 2.33. The normalized spacial score (nSPS) is 13.4. The van der Waals surface area contributed by atoms with Crippen molar-refractivity contribution in [1.82, 2.24) is 0 Å². The van der Waals surface area contributed by atoms with Crippen LogP contribution in [0.25, 0.3) is 0 Å². The van der Waals surface area contributed by atoms with E-state index >= 15 is 0 Å². The molecule has 2 aromatic carbocycles. The summed E-state index contributed by atoms with van der Waals surface area (Å²) in [5.41, 5.74) is 1.22. The molecule has 23 heavy (non-hydrogen) atoms. The molecule has 1 fully saturated rings. The van der Waals surface area contributed by atoms with Crippen LogP contribution in [0.2, 0.25) is 5.02 Å². The highest BCUT2D eigenvalue weighted by atomic mass is 35.5. The maximum absolute atomic E-state index is 12.2. The third kappa shape index (κ3) is 3.81. The lowest BCUT2D eigenvalue weighted by Gasteiger charge is -2.09. The molecule has 0 aromatic heterocycles. The van der Waals surface area contributed by atoms with Crippen LogP contribution in [0.3, 0.4) is 0 Å². The van der Waals surface area contributed by atoms with Crippen molar-refractivity contribution in [2.45, 2.75) is 12.8 Å². The number of halogens is 1. The number of phenols is 1. The van der Waals surface area contributed by atoms with Crippen molar-refractivity contribution in [3.8, 4) is 5.75 Å². The van der Waals surface area contributed by atoms with E-state index in [4.69, 9.17) is 11.6 Å². The zero-order chi connectivity index (χ0) is 16.4. The number of amides is 2. The van der Waals surface area contributed by atoms with Gasteiger partial charge in [0.15, 0.2) is 0 Å². The smallest absolute Gasteiger partial charge is 0.259 e. The lowest BCUT2D eigenvalue weighted by Crippen LogP contribution is -2.15. The summed E-state index contributed by atoms with van der Waals surface area (Å²) in [4.78, 5) is 24.0. The van der Waals surface area contributed by atoms with E-state index in [1.54, 1.807) is 24.3 Å². The first kappa shape index (κ1) is 15.4. The molecule has 0 unspecified atom stereocenters.